The molecule has 1 aromatic carbocycles. The van der Waals surface area contributed by atoms with Crippen LogP contribution in [-0.2, 0) is 11.2 Å². The van der Waals surface area contributed by atoms with Crippen LogP contribution in [0.25, 0.3) is 10.9 Å². The van der Waals surface area contributed by atoms with Crippen molar-refractivity contribution in [2.24, 2.45) is 11.8 Å². The van der Waals surface area contributed by atoms with Gasteiger partial charge < -0.3 is 19.2 Å². The number of pyridine rings is 1. The van der Waals surface area contributed by atoms with Gasteiger partial charge in [-0.25, -0.2) is 4.39 Å². The molecule has 182 valence electrons. The second-order valence-electron chi connectivity index (χ2n) is 9.21. The van der Waals surface area contributed by atoms with Crippen LogP contribution in [0.4, 0.5) is 4.39 Å². The van der Waals surface area contributed by atoms with E-state index < -0.39 is 18.1 Å². The standard InChI is InChI=1S/C27H33FN2O4/c1-33-21-6-8-26-23(16-21)22(9-12-29-26)25(28)7-5-20-10-14-30(17-24(20)27(31)32)13-3-2-4-19-11-15-34-18-19/h6,8-9,11-12,15-16,18,20,24-25H,2-5,7,10,13-14,17H2,1H3,(H,31,32)/t20-,24+,25-/m1/s1. The highest BCUT2D eigenvalue weighted by molar-refractivity contribution is 5.83. The molecule has 1 aliphatic heterocycles. The van der Waals surface area contributed by atoms with E-state index in [2.05, 4.69) is 9.88 Å². The van der Waals surface area contributed by atoms with E-state index in [1.165, 1.54) is 5.56 Å². The van der Waals surface area contributed by atoms with Gasteiger partial charge in [0.25, 0.3) is 0 Å². The van der Waals surface area contributed by atoms with Crippen LogP contribution in [0.3, 0.4) is 0 Å². The number of aliphatic carboxylic acids is 1. The molecule has 0 amide bonds. The molecule has 2 aromatic heterocycles. The van der Waals surface area contributed by atoms with Gasteiger partial charge in [-0.2, -0.15) is 0 Å². The summed E-state index contributed by atoms with van der Waals surface area (Å²) in [5, 5.41) is 10.6. The number of hydrogen-bond donors (Lipinski definition) is 1. The number of aromatic nitrogens is 1. The molecular formula is C27H33FN2O4. The molecule has 0 saturated carbocycles. The molecule has 34 heavy (non-hydrogen) atoms. The molecule has 1 aliphatic rings. The predicted octanol–water partition coefficient (Wildman–Crippen LogP) is 5.67. The Morgan fingerprint density at radius 2 is 2.21 bits per heavy atom. The Morgan fingerprint density at radius 1 is 1.32 bits per heavy atom. The first-order chi connectivity index (χ1) is 16.5. The minimum absolute atomic E-state index is 0.0134. The third-order valence-corrected chi connectivity index (χ3v) is 7.04. The van der Waals surface area contributed by atoms with Crippen LogP contribution >= 0.6 is 0 Å². The monoisotopic (exact) mass is 468 g/mol. The van der Waals surface area contributed by atoms with Crippen LogP contribution in [0.2, 0.25) is 0 Å². The van der Waals surface area contributed by atoms with E-state index >= 15 is 4.39 Å². The summed E-state index contributed by atoms with van der Waals surface area (Å²) in [6.45, 7) is 2.30. The number of carboxylic acid groups (broad SMARTS) is 1. The molecule has 0 spiro atoms. The summed E-state index contributed by atoms with van der Waals surface area (Å²) >= 11 is 0. The number of nitrogens with zero attached hydrogens (tertiary/aromatic N) is 2. The first kappa shape index (κ1) is 24.2. The number of aryl methyl sites for hydroxylation is 1. The largest absolute Gasteiger partial charge is 0.497 e. The van der Waals surface area contributed by atoms with E-state index in [0.717, 1.165) is 49.7 Å². The summed E-state index contributed by atoms with van der Waals surface area (Å²) in [6.07, 6.45) is 8.60. The average Bonchev–Trinajstić information content (AvgIpc) is 3.38. The van der Waals surface area contributed by atoms with Gasteiger partial charge in [0, 0.05) is 18.1 Å². The lowest BCUT2D eigenvalue weighted by atomic mass is 9.81. The van der Waals surface area contributed by atoms with Crippen LogP contribution in [0.15, 0.2) is 53.5 Å². The number of rotatable bonds is 11. The van der Waals surface area contributed by atoms with Crippen molar-refractivity contribution in [2.45, 2.75) is 44.7 Å². The van der Waals surface area contributed by atoms with Crippen molar-refractivity contribution in [2.75, 3.05) is 26.7 Å². The molecule has 7 heteroatoms. The summed E-state index contributed by atoms with van der Waals surface area (Å²) in [6, 6.07) is 9.16. The van der Waals surface area contributed by atoms with E-state index in [-0.39, 0.29) is 5.92 Å². The van der Waals surface area contributed by atoms with E-state index in [0.29, 0.717) is 30.7 Å². The number of furan rings is 1. The number of methoxy groups -OCH3 is 1. The van der Waals surface area contributed by atoms with Crippen molar-refractivity contribution in [3.05, 3.63) is 60.2 Å². The SMILES string of the molecule is COc1ccc2nccc([C@H](F)CC[C@@H]3CCN(CCCCc4ccoc4)C[C@@H]3C(=O)O)c2c1. The highest BCUT2D eigenvalue weighted by Crippen LogP contribution is 2.35. The van der Waals surface area contributed by atoms with Gasteiger partial charge in [-0.1, -0.05) is 0 Å². The zero-order valence-electron chi connectivity index (χ0n) is 19.7. The summed E-state index contributed by atoms with van der Waals surface area (Å²) in [4.78, 5) is 18.6. The second-order valence-corrected chi connectivity index (χ2v) is 9.21. The molecule has 3 atom stereocenters. The number of alkyl halides is 1. The van der Waals surface area contributed by atoms with Gasteiger partial charge in [-0.15, -0.1) is 0 Å². The molecule has 1 N–H and O–H groups in total. The van der Waals surface area contributed by atoms with Crippen molar-refractivity contribution in [1.29, 1.82) is 0 Å². The molecule has 0 aliphatic carbocycles. The summed E-state index contributed by atoms with van der Waals surface area (Å²) in [7, 11) is 1.59. The first-order valence-electron chi connectivity index (χ1n) is 12.1. The Morgan fingerprint density at radius 3 is 2.97 bits per heavy atom. The van der Waals surface area contributed by atoms with Gasteiger partial charge in [-0.05, 0) is 99.0 Å². The number of halogens is 1. The van der Waals surface area contributed by atoms with E-state index in [4.69, 9.17) is 9.15 Å². The van der Waals surface area contributed by atoms with Gasteiger partial charge in [-0.3, -0.25) is 9.78 Å². The summed E-state index contributed by atoms with van der Waals surface area (Å²) in [5.41, 5.74) is 2.51. The molecule has 3 aromatic rings. The fourth-order valence-electron chi connectivity index (χ4n) is 5.06. The molecule has 0 radical (unpaired) electrons. The molecule has 4 rings (SSSR count). The van der Waals surface area contributed by atoms with Crippen molar-refractivity contribution >= 4 is 16.9 Å². The number of carbonyl (C=O) groups is 1. The van der Waals surface area contributed by atoms with Gasteiger partial charge in [0.2, 0.25) is 0 Å². The van der Waals surface area contributed by atoms with E-state index in [9.17, 15) is 9.90 Å². The normalized spacial score (nSPS) is 19.8. The number of likely N-dealkylation sites (tertiary alicyclic amines) is 1. The average molecular weight is 469 g/mol. The Kier molecular flexibility index (Phi) is 8.16. The molecule has 0 unspecified atom stereocenters. The van der Waals surface area contributed by atoms with Crippen LogP contribution in [-0.4, -0.2) is 47.7 Å². The maximum atomic E-state index is 15.3. The number of benzene rings is 1. The molecule has 1 saturated heterocycles. The molecule has 6 nitrogen and oxygen atoms in total. The minimum atomic E-state index is -1.17. The smallest absolute Gasteiger partial charge is 0.308 e. The summed E-state index contributed by atoms with van der Waals surface area (Å²) in [5.74, 6) is -0.579. The van der Waals surface area contributed by atoms with Gasteiger partial charge in [0.1, 0.15) is 11.9 Å². The van der Waals surface area contributed by atoms with Crippen molar-refractivity contribution in [3.8, 4) is 5.75 Å². The van der Waals surface area contributed by atoms with Crippen LogP contribution < -0.4 is 4.74 Å². The predicted molar refractivity (Wildman–Crippen MR) is 129 cm³/mol. The zero-order chi connectivity index (χ0) is 23.9. The summed E-state index contributed by atoms with van der Waals surface area (Å²) < 4.78 is 25.7. The molecule has 3 heterocycles. The molecule has 0 bridgehead atoms. The molecular weight excluding hydrogens is 435 g/mol. The number of carboxylic acids is 1. The lowest BCUT2D eigenvalue weighted by Gasteiger charge is -2.37. The lowest BCUT2D eigenvalue weighted by molar-refractivity contribution is -0.146. The minimum Gasteiger partial charge on any atom is -0.497 e. The van der Waals surface area contributed by atoms with Crippen molar-refractivity contribution in [3.63, 3.8) is 0 Å². The third-order valence-electron chi connectivity index (χ3n) is 7.04. The maximum absolute atomic E-state index is 15.3. The Labute approximate surface area is 199 Å². The van der Waals surface area contributed by atoms with Crippen LogP contribution in [0.5, 0.6) is 5.75 Å². The van der Waals surface area contributed by atoms with Gasteiger partial charge in [0.15, 0.2) is 0 Å². The quantitative estimate of drug-likeness (QED) is 0.365. The van der Waals surface area contributed by atoms with Crippen LogP contribution in [0, 0.1) is 11.8 Å². The van der Waals surface area contributed by atoms with Gasteiger partial charge in [0.05, 0.1) is 31.1 Å². The van der Waals surface area contributed by atoms with Crippen LogP contribution in [0.1, 0.15) is 49.4 Å². The first-order valence-corrected chi connectivity index (χ1v) is 12.1. The third kappa shape index (κ3) is 5.95. The van der Waals surface area contributed by atoms with Crippen molar-refractivity contribution < 1.29 is 23.4 Å². The van der Waals surface area contributed by atoms with Gasteiger partial charge >= 0.3 is 5.97 Å². The zero-order valence-corrected chi connectivity index (χ0v) is 19.7. The van der Waals surface area contributed by atoms with E-state index in [1.54, 1.807) is 31.9 Å². The maximum Gasteiger partial charge on any atom is 0.308 e. The number of unbranched alkanes of at least 4 members (excludes halogenated alkanes) is 1. The fraction of sp³-hybridized carbons (Fsp3) is 0.481. The number of piperidine rings is 1. The van der Waals surface area contributed by atoms with E-state index in [1.807, 2.05) is 24.3 Å². The highest BCUT2D eigenvalue weighted by atomic mass is 19.1. The molecule has 1 fully saturated rings. The number of hydrogen-bond acceptors (Lipinski definition) is 5. The van der Waals surface area contributed by atoms with Crippen molar-refractivity contribution in [1.82, 2.24) is 9.88 Å². The lowest BCUT2D eigenvalue weighted by Crippen LogP contribution is -2.44. The number of ether oxygens (including phenoxy) is 1. The topological polar surface area (TPSA) is 75.8 Å². The Hall–Kier alpha value is -2.93. The Bertz CT molecular complexity index is 1070. The fourth-order valence-corrected chi connectivity index (χ4v) is 5.06. The highest BCUT2D eigenvalue weighted by Gasteiger charge is 2.34. The second kappa shape index (κ2) is 11.5. The number of fused-ring (bicyclic) bond motifs is 1. The Balaban J connectivity index is 1.31.